The van der Waals surface area contributed by atoms with Crippen molar-refractivity contribution >= 4 is 23.2 Å². The third-order valence-corrected chi connectivity index (χ3v) is 4.73. The first kappa shape index (κ1) is 20.3. The minimum atomic E-state index is -0.255. The second-order valence-electron chi connectivity index (χ2n) is 7.04. The molecule has 1 aliphatic heterocycles. The van der Waals surface area contributed by atoms with Gasteiger partial charge in [0.2, 0.25) is 5.91 Å². The molecule has 0 bridgehead atoms. The molecule has 1 fully saturated rings. The lowest BCUT2D eigenvalue weighted by Crippen LogP contribution is -2.47. The van der Waals surface area contributed by atoms with E-state index >= 15 is 0 Å². The summed E-state index contributed by atoms with van der Waals surface area (Å²) in [6.07, 6.45) is 0. The normalized spacial score (nSPS) is 13.3. The van der Waals surface area contributed by atoms with Crippen LogP contribution in [0.4, 0.5) is 11.4 Å². The summed E-state index contributed by atoms with van der Waals surface area (Å²) in [7, 11) is 0. The smallest absolute Gasteiger partial charge is 0.262 e. The van der Waals surface area contributed by atoms with E-state index in [0.717, 1.165) is 18.0 Å². The Morgan fingerprint density at radius 1 is 0.903 bits per heavy atom. The molecule has 7 nitrogen and oxygen atoms in total. The third kappa shape index (κ3) is 5.76. The molecule has 1 saturated heterocycles. The molecule has 31 heavy (non-hydrogen) atoms. The largest absolute Gasteiger partial charge is 0.484 e. The number of anilines is 2. The maximum Gasteiger partial charge on any atom is 0.262 e. The van der Waals surface area contributed by atoms with Gasteiger partial charge in [-0.25, -0.2) is 0 Å². The van der Waals surface area contributed by atoms with Crippen LogP contribution in [0, 0.1) is 0 Å². The highest BCUT2D eigenvalue weighted by molar-refractivity contribution is 5.92. The SMILES string of the molecule is O=C1CN(c2ccc(NC(=O)COc3ccc(Oc4ccccc4)cc3)cc2)CCN1. The van der Waals surface area contributed by atoms with Crippen LogP contribution >= 0.6 is 0 Å². The Morgan fingerprint density at radius 2 is 1.58 bits per heavy atom. The standard InChI is InChI=1S/C24H23N3O4/c28-23-16-27(15-14-25-23)19-8-6-18(7-9-19)26-24(29)17-30-20-10-12-22(13-11-20)31-21-4-2-1-3-5-21/h1-13H,14-17H2,(H,25,28)(H,26,29). The van der Waals surface area contributed by atoms with Crippen LogP contribution in [0.5, 0.6) is 17.2 Å². The molecule has 158 valence electrons. The summed E-state index contributed by atoms with van der Waals surface area (Å²) in [4.78, 5) is 25.7. The van der Waals surface area contributed by atoms with Gasteiger partial charge in [-0.05, 0) is 60.7 Å². The van der Waals surface area contributed by atoms with Crippen LogP contribution in [0.3, 0.4) is 0 Å². The first-order valence-electron chi connectivity index (χ1n) is 10.0. The van der Waals surface area contributed by atoms with Gasteiger partial charge in [0.15, 0.2) is 6.61 Å². The summed E-state index contributed by atoms with van der Waals surface area (Å²) < 4.78 is 11.3. The molecule has 3 aromatic carbocycles. The lowest BCUT2D eigenvalue weighted by molar-refractivity contribution is -0.120. The average molecular weight is 417 g/mol. The number of carbonyl (C=O) groups excluding carboxylic acids is 2. The van der Waals surface area contributed by atoms with Gasteiger partial charge in [0.1, 0.15) is 17.2 Å². The monoisotopic (exact) mass is 417 g/mol. The molecule has 0 atom stereocenters. The number of rotatable bonds is 7. The number of nitrogens with zero attached hydrogens (tertiary/aromatic N) is 1. The molecule has 1 aliphatic rings. The highest BCUT2D eigenvalue weighted by atomic mass is 16.5. The molecule has 7 heteroatoms. The Labute approximate surface area is 180 Å². The fourth-order valence-electron chi connectivity index (χ4n) is 3.19. The Bertz CT molecular complexity index is 1020. The maximum absolute atomic E-state index is 12.2. The number of hydrogen-bond donors (Lipinski definition) is 2. The van der Waals surface area contributed by atoms with E-state index in [9.17, 15) is 9.59 Å². The van der Waals surface area contributed by atoms with E-state index in [1.165, 1.54) is 0 Å². The number of piperazine rings is 1. The van der Waals surface area contributed by atoms with Crippen molar-refractivity contribution in [2.24, 2.45) is 0 Å². The summed E-state index contributed by atoms with van der Waals surface area (Å²) in [6.45, 7) is 1.64. The highest BCUT2D eigenvalue weighted by Gasteiger charge is 2.16. The van der Waals surface area contributed by atoms with E-state index in [1.807, 2.05) is 59.5 Å². The molecular formula is C24H23N3O4. The minimum absolute atomic E-state index is 0.0143. The summed E-state index contributed by atoms with van der Waals surface area (Å²) in [5.41, 5.74) is 1.62. The third-order valence-electron chi connectivity index (χ3n) is 4.73. The van der Waals surface area contributed by atoms with Crippen molar-refractivity contribution in [1.82, 2.24) is 5.32 Å². The van der Waals surface area contributed by atoms with Crippen LogP contribution < -0.4 is 25.0 Å². The van der Waals surface area contributed by atoms with Crippen LogP contribution in [0.2, 0.25) is 0 Å². The average Bonchev–Trinajstić information content (AvgIpc) is 2.80. The van der Waals surface area contributed by atoms with E-state index in [4.69, 9.17) is 9.47 Å². The lowest BCUT2D eigenvalue weighted by Gasteiger charge is -2.28. The Morgan fingerprint density at radius 3 is 2.29 bits per heavy atom. The highest BCUT2D eigenvalue weighted by Crippen LogP contribution is 2.23. The molecule has 2 amide bonds. The second-order valence-corrected chi connectivity index (χ2v) is 7.04. The van der Waals surface area contributed by atoms with Crippen LogP contribution in [0.15, 0.2) is 78.9 Å². The quantitative estimate of drug-likeness (QED) is 0.616. The zero-order valence-electron chi connectivity index (χ0n) is 16.9. The number of benzene rings is 3. The Balaban J connectivity index is 1.25. The predicted octanol–water partition coefficient (Wildman–Crippen LogP) is 3.43. The fourth-order valence-corrected chi connectivity index (χ4v) is 3.19. The topological polar surface area (TPSA) is 79.9 Å². The van der Waals surface area contributed by atoms with Crippen LogP contribution in [0.1, 0.15) is 0 Å². The number of para-hydroxylation sites is 1. The molecule has 0 aliphatic carbocycles. The van der Waals surface area contributed by atoms with Gasteiger partial charge in [0.05, 0.1) is 6.54 Å². The van der Waals surface area contributed by atoms with Gasteiger partial charge in [-0.3, -0.25) is 9.59 Å². The molecule has 0 spiro atoms. The van der Waals surface area contributed by atoms with Gasteiger partial charge >= 0.3 is 0 Å². The van der Waals surface area contributed by atoms with Crippen molar-refractivity contribution in [2.75, 3.05) is 36.5 Å². The van der Waals surface area contributed by atoms with E-state index in [0.29, 0.717) is 30.3 Å². The van der Waals surface area contributed by atoms with Crippen molar-refractivity contribution in [3.05, 3.63) is 78.9 Å². The van der Waals surface area contributed by atoms with E-state index in [1.54, 1.807) is 24.3 Å². The van der Waals surface area contributed by atoms with Gasteiger partial charge in [-0.2, -0.15) is 0 Å². The van der Waals surface area contributed by atoms with Crippen LogP contribution in [-0.4, -0.2) is 38.1 Å². The molecular weight excluding hydrogens is 394 g/mol. The number of hydrogen-bond acceptors (Lipinski definition) is 5. The van der Waals surface area contributed by atoms with Gasteiger partial charge in [0.25, 0.3) is 5.91 Å². The van der Waals surface area contributed by atoms with E-state index in [-0.39, 0.29) is 18.4 Å². The van der Waals surface area contributed by atoms with Crippen molar-refractivity contribution < 1.29 is 19.1 Å². The molecule has 0 saturated carbocycles. The summed E-state index contributed by atoms with van der Waals surface area (Å²) >= 11 is 0. The number of carbonyl (C=O) groups is 2. The number of ether oxygens (including phenoxy) is 2. The van der Waals surface area contributed by atoms with E-state index < -0.39 is 0 Å². The lowest BCUT2D eigenvalue weighted by atomic mass is 10.2. The predicted molar refractivity (Wildman–Crippen MR) is 119 cm³/mol. The molecule has 1 heterocycles. The number of nitrogens with one attached hydrogen (secondary N) is 2. The fraction of sp³-hybridized carbons (Fsp3) is 0.167. The molecule has 0 radical (unpaired) electrons. The minimum Gasteiger partial charge on any atom is -0.484 e. The Kier molecular flexibility index (Phi) is 6.32. The molecule has 3 aromatic rings. The zero-order valence-corrected chi connectivity index (χ0v) is 16.9. The van der Waals surface area contributed by atoms with Gasteiger partial charge in [0, 0.05) is 24.5 Å². The van der Waals surface area contributed by atoms with Crippen molar-refractivity contribution in [3.8, 4) is 17.2 Å². The van der Waals surface area contributed by atoms with Gasteiger partial charge in [-0.15, -0.1) is 0 Å². The van der Waals surface area contributed by atoms with Crippen molar-refractivity contribution in [1.29, 1.82) is 0 Å². The molecule has 2 N–H and O–H groups in total. The summed E-state index contributed by atoms with van der Waals surface area (Å²) in [5.74, 6) is 1.78. The molecule has 0 aromatic heterocycles. The summed E-state index contributed by atoms with van der Waals surface area (Å²) in [6, 6.07) is 24.0. The van der Waals surface area contributed by atoms with Gasteiger partial charge in [-0.1, -0.05) is 18.2 Å². The molecule has 0 unspecified atom stereocenters. The zero-order chi connectivity index (χ0) is 21.5. The summed E-state index contributed by atoms with van der Waals surface area (Å²) in [5, 5.41) is 5.61. The van der Waals surface area contributed by atoms with Crippen LogP contribution in [-0.2, 0) is 9.59 Å². The molecule has 4 rings (SSSR count). The maximum atomic E-state index is 12.2. The van der Waals surface area contributed by atoms with E-state index in [2.05, 4.69) is 10.6 Å². The van der Waals surface area contributed by atoms with Crippen molar-refractivity contribution in [3.63, 3.8) is 0 Å². The Hall–Kier alpha value is -4.00. The van der Waals surface area contributed by atoms with Gasteiger partial charge < -0.3 is 25.0 Å². The van der Waals surface area contributed by atoms with Crippen LogP contribution in [0.25, 0.3) is 0 Å². The number of amides is 2. The first-order valence-corrected chi connectivity index (χ1v) is 10.0. The second kappa shape index (κ2) is 9.67. The van der Waals surface area contributed by atoms with Crippen molar-refractivity contribution in [2.45, 2.75) is 0 Å². The first-order chi connectivity index (χ1) is 15.2.